The molecule has 19 heavy (non-hydrogen) atoms. The normalized spacial score (nSPS) is 10.9. The zero-order chi connectivity index (χ0) is 13.7. The number of hydrogen-bond acceptors (Lipinski definition) is 3. The van der Waals surface area contributed by atoms with Gasteiger partial charge in [-0.3, -0.25) is 0 Å². The summed E-state index contributed by atoms with van der Waals surface area (Å²) in [5, 5.41) is 4.60. The maximum absolute atomic E-state index is 4.77. The van der Waals surface area contributed by atoms with Crippen molar-refractivity contribution in [2.24, 2.45) is 0 Å². The van der Waals surface area contributed by atoms with Crippen molar-refractivity contribution in [2.75, 3.05) is 6.54 Å². The number of thiazole rings is 1. The lowest BCUT2D eigenvalue weighted by molar-refractivity contribution is 0.727. The third-order valence-corrected chi connectivity index (χ3v) is 4.53. The summed E-state index contributed by atoms with van der Waals surface area (Å²) in [7, 11) is 0. The molecule has 0 radical (unpaired) electrons. The maximum atomic E-state index is 4.77. The largest absolute Gasteiger partial charge is 0.312 e. The number of rotatable bonds is 6. The summed E-state index contributed by atoms with van der Waals surface area (Å²) >= 11 is 5.35. The number of nitrogens with zero attached hydrogens (tertiary/aromatic N) is 1. The highest BCUT2D eigenvalue weighted by Crippen LogP contribution is 2.23. The second-order valence-corrected chi connectivity index (χ2v) is 6.50. The second kappa shape index (κ2) is 7.17. The molecule has 2 rings (SSSR count). The van der Waals surface area contributed by atoms with E-state index in [1.807, 2.05) is 11.3 Å². The summed E-state index contributed by atoms with van der Waals surface area (Å²) in [5.74, 6) is 0. The SMILES string of the molecule is CCNCc1sc(Cc2cccc(Br)c2)nc1CC. The van der Waals surface area contributed by atoms with Crippen molar-refractivity contribution in [3.8, 4) is 0 Å². The number of hydrogen-bond donors (Lipinski definition) is 1. The molecule has 0 aliphatic carbocycles. The van der Waals surface area contributed by atoms with Gasteiger partial charge in [-0.05, 0) is 30.7 Å². The van der Waals surface area contributed by atoms with Crippen LogP contribution in [0.2, 0.25) is 0 Å². The van der Waals surface area contributed by atoms with Gasteiger partial charge in [-0.25, -0.2) is 4.98 Å². The Bertz CT molecular complexity index is 537. The highest BCUT2D eigenvalue weighted by atomic mass is 79.9. The standard InChI is InChI=1S/C15H19BrN2S/c1-3-13-14(10-17-4-2)19-15(18-13)9-11-6-5-7-12(16)8-11/h5-8,17H,3-4,9-10H2,1-2H3. The van der Waals surface area contributed by atoms with Gasteiger partial charge in [0.05, 0.1) is 10.7 Å². The number of aryl methyl sites for hydroxylation is 1. The Balaban J connectivity index is 2.14. The third kappa shape index (κ3) is 4.13. The zero-order valence-corrected chi connectivity index (χ0v) is 13.8. The molecule has 102 valence electrons. The van der Waals surface area contributed by atoms with Crippen molar-refractivity contribution in [3.63, 3.8) is 0 Å². The van der Waals surface area contributed by atoms with Gasteiger partial charge in [0, 0.05) is 22.3 Å². The van der Waals surface area contributed by atoms with Crippen molar-refractivity contribution < 1.29 is 0 Å². The molecule has 0 bridgehead atoms. The van der Waals surface area contributed by atoms with Crippen LogP contribution in [0.3, 0.4) is 0 Å². The van der Waals surface area contributed by atoms with E-state index in [2.05, 4.69) is 59.4 Å². The van der Waals surface area contributed by atoms with E-state index in [0.29, 0.717) is 0 Å². The van der Waals surface area contributed by atoms with Crippen LogP contribution < -0.4 is 5.32 Å². The first-order chi connectivity index (χ1) is 9.22. The Labute approximate surface area is 127 Å². The lowest BCUT2D eigenvalue weighted by atomic mass is 10.2. The predicted octanol–water partition coefficient (Wildman–Crippen LogP) is 4.17. The minimum absolute atomic E-state index is 0.920. The van der Waals surface area contributed by atoms with Crippen molar-refractivity contribution in [2.45, 2.75) is 33.2 Å². The molecule has 0 saturated carbocycles. The van der Waals surface area contributed by atoms with Gasteiger partial charge < -0.3 is 5.32 Å². The summed E-state index contributed by atoms with van der Waals surface area (Å²) in [5.41, 5.74) is 2.55. The van der Waals surface area contributed by atoms with Gasteiger partial charge in [-0.15, -0.1) is 11.3 Å². The van der Waals surface area contributed by atoms with E-state index >= 15 is 0 Å². The minimum atomic E-state index is 0.920. The summed E-state index contributed by atoms with van der Waals surface area (Å²) in [6.45, 7) is 6.25. The van der Waals surface area contributed by atoms with Crippen LogP contribution in [0.1, 0.15) is 35.0 Å². The van der Waals surface area contributed by atoms with E-state index in [9.17, 15) is 0 Å². The summed E-state index contributed by atoms with van der Waals surface area (Å²) < 4.78 is 1.13. The van der Waals surface area contributed by atoms with Crippen LogP contribution in [-0.4, -0.2) is 11.5 Å². The molecule has 2 nitrogen and oxygen atoms in total. The molecule has 0 atom stereocenters. The lowest BCUT2D eigenvalue weighted by Gasteiger charge is -1.99. The Morgan fingerprint density at radius 1 is 1.32 bits per heavy atom. The molecule has 1 aromatic carbocycles. The molecule has 0 saturated heterocycles. The molecular formula is C15H19BrN2S. The average Bonchev–Trinajstić information content (AvgIpc) is 2.78. The molecule has 2 aromatic rings. The van der Waals surface area contributed by atoms with Crippen LogP contribution in [0.4, 0.5) is 0 Å². The van der Waals surface area contributed by atoms with Crippen molar-refractivity contribution >= 4 is 27.3 Å². The van der Waals surface area contributed by atoms with E-state index < -0.39 is 0 Å². The summed E-state index contributed by atoms with van der Waals surface area (Å²) in [6, 6.07) is 8.45. The number of aromatic nitrogens is 1. The fourth-order valence-corrected chi connectivity index (χ4v) is 3.59. The lowest BCUT2D eigenvalue weighted by Crippen LogP contribution is -2.11. The first-order valence-corrected chi connectivity index (χ1v) is 8.26. The number of benzene rings is 1. The first-order valence-electron chi connectivity index (χ1n) is 6.65. The fourth-order valence-electron chi connectivity index (χ4n) is 1.99. The number of halogens is 1. The smallest absolute Gasteiger partial charge is 0.0975 e. The Morgan fingerprint density at radius 2 is 2.16 bits per heavy atom. The molecule has 0 aliphatic heterocycles. The van der Waals surface area contributed by atoms with E-state index in [1.165, 1.54) is 21.1 Å². The van der Waals surface area contributed by atoms with Gasteiger partial charge in [0.25, 0.3) is 0 Å². The highest BCUT2D eigenvalue weighted by Gasteiger charge is 2.09. The topological polar surface area (TPSA) is 24.9 Å². The highest BCUT2D eigenvalue weighted by molar-refractivity contribution is 9.10. The third-order valence-electron chi connectivity index (χ3n) is 2.94. The Kier molecular flexibility index (Phi) is 5.55. The monoisotopic (exact) mass is 338 g/mol. The Hall–Kier alpha value is -0.710. The predicted molar refractivity (Wildman–Crippen MR) is 85.8 cm³/mol. The van der Waals surface area contributed by atoms with E-state index in [4.69, 9.17) is 4.98 Å². The molecule has 0 spiro atoms. The molecular weight excluding hydrogens is 320 g/mol. The van der Waals surface area contributed by atoms with Crippen molar-refractivity contribution in [1.82, 2.24) is 10.3 Å². The zero-order valence-electron chi connectivity index (χ0n) is 11.4. The molecule has 0 amide bonds. The molecule has 1 N–H and O–H groups in total. The maximum Gasteiger partial charge on any atom is 0.0975 e. The molecule has 4 heteroatoms. The van der Waals surface area contributed by atoms with Gasteiger partial charge in [0.15, 0.2) is 0 Å². The van der Waals surface area contributed by atoms with Crippen LogP contribution in [0, 0.1) is 0 Å². The van der Waals surface area contributed by atoms with E-state index in [0.717, 1.165) is 30.4 Å². The summed E-state index contributed by atoms with van der Waals surface area (Å²) in [6.07, 6.45) is 1.93. The van der Waals surface area contributed by atoms with Crippen LogP contribution in [0.25, 0.3) is 0 Å². The minimum Gasteiger partial charge on any atom is -0.312 e. The van der Waals surface area contributed by atoms with Crippen LogP contribution in [0.15, 0.2) is 28.7 Å². The molecule has 0 unspecified atom stereocenters. The molecule has 1 aromatic heterocycles. The summed E-state index contributed by atoms with van der Waals surface area (Å²) in [4.78, 5) is 6.15. The first kappa shape index (κ1) is 14.7. The van der Waals surface area contributed by atoms with Gasteiger partial charge in [-0.1, -0.05) is 41.9 Å². The molecule has 0 fully saturated rings. The van der Waals surface area contributed by atoms with Gasteiger partial charge in [-0.2, -0.15) is 0 Å². The molecule has 1 heterocycles. The van der Waals surface area contributed by atoms with Gasteiger partial charge >= 0.3 is 0 Å². The van der Waals surface area contributed by atoms with Gasteiger partial charge in [0.2, 0.25) is 0 Å². The van der Waals surface area contributed by atoms with Crippen LogP contribution in [-0.2, 0) is 19.4 Å². The molecule has 0 aliphatic rings. The number of nitrogens with one attached hydrogen (secondary N) is 1. The fraction of sp³-hybridized carbons (Fsp3) is 0.400. The quantitative estimate of drug-likeness (QED) is 0.854. The average molecular weight is 339 g/mol. The van der Waals surface area contributed by atoms with E-state index in [-0.39, 0.29) is 0 Å². The van der Waals surface area contributed by atoms with Crippen molar-refractivity contribution in [3.05, 3.63) is 49.9 Å². The van der Waals surface area contributed by atoms with Gasteiger partial charge in [0.1, 0.15) is 0 Å². The van der Waals surface area contributed by atoms with Crippen LogP contribution in [0.5, 0.6) is 0 Å². The van der Waals surface area contributed by atoms with E-state index in [1.54, 1.807) is 0 Å². The second-order valence-electron chi connectivity index (χ2n) is 4.42. The Morgan fingerprint density at radius 3 is 2.84 bits per heavy atom. The van der Waals surface area contributed by atoms with Crippen molar-refractivity contribution in [1.29, 1.82) is 0 Å². The van der Waals surface area contributed by atoms with Crippen LogP contribution >= 0.6 is 27.3 Å².